The third-order valence-electron chi connectivity index (χ3n) is 1.98. The van der Waals surface area contributed by atoms with Crippen LogP contribution in [0.4, 0.5) is 0 Å². The number of aldehydes is 1. The van der Waals surface area contributed by atoms with Gasteiger partial charge >= 0.3 is 0 Å². The molecule has 1 heterocycles. The van der Waals surface area contributed by atoms with E-state index in [0.717, 1.165) is 27.3 Å². The van der Waals surface area contributed by atoms with Gasteiger partial charge in [0.05, 0.1) is 23.7 Å². The lowest BCUT2D eigenvalue weighted by Crippen LogP contribution is -1.80. The summed E-state index contributed by atoms with van der Waals surface area (Å²) in [6.45, 7) is 0. The monoisotopic (exact) mass is 231 g/mol. The Hall–Kier alpha value is -1.86. The van der Waals surface area contributed by atoms with Gasteiger partial charge in [-0.2, -0.15) is 0 Å². The minimum Gasteiger partial charge on any atom is -0.497 e. The molecule has 0 N–H and O–H groups in total. The average molecular weight is 231 g/mol. The minimum absolute atomic E-state index is 0.249. The normalized spacial score (nSPS) is 9.56. The van der Waals surface area contributed by atoms with E-state index in [1.54, 1.807) is 7.11 Å². The molecule has 4 heteroatoms. The molecule has 1 aromatic heterocycles. The number of carbonyl (C=O) groups is 1. The van der Waals surface area contributed by atoms with E-state index in [0.29, 0.717) is 0 Å². The lowest BCUT2D eigenvalue weighted by Gasteiger charge is -1.96. The molecule has 0 atom stereocenters. The van der Waals surface area contributed by atoms with Crippen molar-refractivity contribution in [3.63, 3.8) is 0 Å². The Labute approximate surface area is 97.1 Å². The van der Waals surface area contributed by atoms with Crippen LogP contribution in [0, 0.1) is 11.8 Å². The van der Waals surface area contributed by atoms with Crippen molar-refractivity contribution in [3.05, 3.63) is 23.2 Å². The van der Waals surface area contributed by atoms with Crippen molar-refractivity contribution < 1.29 is 9.53 Å². The van der Waals surface area contributed by atoms with Crippen molar-refractivity contribution in [1.82, 2.24) is 4.98 Å². The first-order valence-corrected chi connectivity index (χ1v) is 5.52. The summed E-state index contributed by atoms with van der Waals surface area (Å²) in [7, 11) is 1.63. The van der Waals surface area contributed by atoms with Crippen LogP contribution in [-0.2, 0) is 4.79 Å². The highest BCUT2D eigenvalue weighted by Gasteiger charge is 2.02. The highest BCUT2D eigenvalue weighted by Crippen LogP contribution is 2.25. The Bertz CT molecular complexity index is 577. The molecular formula is C12H9NO2S. The van der Waals surface area contributed by atoms with Gasteiger partial charge in [0.15, 0.2) is 5.01 Å². The predicted octanol–water partition coefficient (Wildman–Crippen LogP) is 2.25. The number of fused-ring (bicyclic) bond motifs is 1. The second-order valence-electron chi connectivity index (χ2n) is 3.03. The molecule has 16 heavy (non-hydrogen) atoms. The number of thiazole rings is 1. The van der Waals surface area contributed by atoms with Crippen molar-refractivity contribution >= 4 is 27.8 Å². The van der Waals surface area contributed by atoms with Crippen LogP contribution in [0.15, 0.2) is 18.2 Å². The first-order valence-electron chi connectivity index (χ1n) is 4.70. The third kappa shape index (κ3) is 2.20. The zero-order chi connectivity index (χ0) is 11.4. The molecule has 3 nitrogen and oxygen atoms in total. The molecule has 1 aromatic carbocycles. The van der Waals surface area contributed by atoms with Crippen LogP contribution in [-0.4, -0.2) is 18.4 Å². The van der Waals surface area contributed by atoms with Gasteiger partial charge in [-0.15, -0.1) is 11.3 Å². The van der Waals surface area contributed by atoms with Crippen molar-refractivity contribution in [3.8, 4) is 17.6 Å². The summed E-state index contributed by atoms with van der Waals surface area (Å²) >= 11 is 1.50. The van der Waals surface area contributed by atoms with Gasteiger partial charge in [-0.3, -0.25) is 0 Å². The number of rotatable bonds is 2. The van der Waals surface area contributed by atoms with Crippen LogP contribution in [0.1, 0.15) is 11.4 Å². The zero-order valence-electron chi connectivity index (χ0n) is 8.69. The van der Waals surface area contributed by atoms with E-state index in [1.807, 2.05) is 18.2 Å². The molecular weight excluding hydrogens is 222 g/mol. The number of benzene rings is 1. The fourth-order valence-corrected chi connectivity index (χ4v) is 2.12. The van der Waals surface area contributed by atoms with E-state index >= 15 is 0 Å². The zero-order valence-corrected chi connectivity index (χ0v) is 9.50. The quantitative estimate of drug-likeness (QED) is 0.587. The Morgan fingerprint density at radius 3 is 3.19 bits per heavy atom. The molecule has 0 unspecified atom stereocenters. The third-order valence-corrected chi connectivity index (χ3v) is 2.91. The summed E-state index contributed by atoms with van der Waals surface area (Å²) in [5.74, 6) is 6.41. The van der Waals surface area contributed by atoms with Gasteiger partial charge in [0.25, 0.3) is 0 Å². The molecule has 0 amide bonds. The number of methoxy groups -OCH3 is 1. The van der Waals surface area contributed by atoms with E-state index in [-0.39, 0.29) is 6.42 Å². The van der Waals surface area contributed by atoms with Gasteiger partial charge in [0.2, 0.25) is 0 Å². The largest absolute Gasteiger partial charge is 0.497 e. The Morgan fingerprint density at radius 1 is 1.56 bits per heavy atom. The number of hydrogen-bond donors (Lipinski definition) is 0. The average Bonchev–Trinajstić information content (AvgIpc) is 2.70. The topological polar surface area (TPSA) is 39.2 Å². The molecule has 0 aliphatic heterocycles. The van der Waals surface area contributed by atoms with E-state index in [9.17, 15) is 4.79 Å². The molecule has 0 fully saturated rings. The van der Waals surface area contributed by atoms with E-state index < -0.39 is 0 Å². The summed E-state index contributed by atoms with van der Waals surface area (Å²) in [6.07, 6.45) is 1.03. The van der Waals surface area contributed by atoms with Crippen molar-refractivity contribution in [2.45, 2.75) is 6.42 Å². The van der Waals surface area contributed by atoms with E-state index in [4.69, 9.17) is 4.74 Å². The van der Waals surface area contributed by atoms with Crippen LogP contribution < -0.4 is 4.74 Å². The lowest BCUT2D eigenvalue weighted by atomic mass is 10.3. The van der Waals surface area contributed by atoms with Crippen LogP contribution in [0.25, 0.3) is 10.2 Å². The molecule has 0 saturated heterocycles. The van der Waals surface area contributed by atoms with Crippen molar-refractivity contribution in [2.75, 3.05) is 7.11 Å². The van der Waals surface area contributed by atoms with Gasteiger partial charge in [-0.05, 0) is 24.1 Å². The molecule has 80 valence electrons. The molecule has 0 radical (unpaired) electrons. The van der Waals surface area contributed by atoms with E-state index in [1.165, 1.54) is 11.3 Å². The molecule has 2 rings (SSSR count). The van der Waals surface area contributed by atoms with Gasteiger partial charge in [-0.25, -0.2) is 4.98 Å². The Balaban J connectivity index is 2.37. The molecule has 0 spiro atoms. The number of carbonyl (C=O) groups excluding carboxylic acids is 1. The first-order chi connectivity index (χ1) is 7.83. The first kappa shape index (κ1) is 10.7. The predicted molar refractivity (Wildman–Crippen MR) is 63.7 cm³/mol. The molecule has 0 bridgehead atoms. The second kappa shape index (κ2) is 4.77. The highest BCUT2D eigenvalue weighted by molar-refractivity contribution is 7.19. The van der Waals surface area contributed by atoms with Crippen molar-refractivity contribution in [2.24, 2.45) is 0 Å². The summed E-state index contributed by atoms with van der Waals surface area (Å²) < 4.78 is 6.16. The Morgan fingerprint density at radius 2 is 2.44 bits per heavy atom. The van der Waals surface area contributed by atoms with Crippen molar-refractivity contribution in [1.29, 1.82) is 0 Å². The maximum Gasteiger partial charge on any atom is 0.168 e. The van der Waals surface area contributed by atoms with Crippen LogP contribution in [0.5, 0.6) is 5.75 Å². The summed E-state index contributed by atoms with van der Waals surface area (Å²) in [5, 5.41) is 0.727. The molecule has 0 saturated carbocycles. The maximum absolute atomic E-state index is 10.1. The summed E-state index contributed by atoms with van der Waals surface area (Å²) in [4.78, 5) is 14.4. The number of aromatic nitrogens is 1. The highest BCUT2D eigenvalue weighted by atomic mass is 32.1. The van der Waals surface area contributed by atoms with Crippen LogP contribution in [0.2, 0.25) is 0 Å². The fraction of sp³-hybridized carbons (Fsp3) is 0.167. The standard InChI is InChI=1S/C12H9NO2S/c1-15-9-5-6-10-11(8-9)16-12(13-10)4-2-3-7-14/h5-8H,3H2,1H3. The number of ether oxygens (including phenoxy) is 1. The van der Waals surface area contributed by atoms with Gasteiger partial charge in [0.1, 0.15) is 12.0 Å². The summed E-state index contributed by atoms with van der Waals surface area (Å²) in [6, 6.07) is 5.69. The maximum atomic E-state index is 10.1. The molecule has 2 aromatic rings. The minimum atomic E-state index is 0.249. The van der Waals surface area contributed by atoms with Crippen LogP contribution in [0.3, 0.4) is 0 Å². The summed E-state index contributed by atoms with van der Waals surface area (Å²) in [5.41, 5.74) is 0.904. The van der Waals surface area contributed by atoms with Crippen LogP contribution >= 0.6 is 11.3 Å². The molecule has 0 aliphatic carbocycles. The molecule has 0 aliphatic rings. The SMILES string of the molecule is COc1ccc2nc(C#CCC=O)sc2c1. The Kier molecular flexibility index (Phi) is 3.18. The van der Waals surface area contributed by atoms with Gasteiger partial charge in [-0.1, -0.05) is 5.92 Å². The van der Waals surface area contributed by atoms with Gasteiger partial charge in [0, 0.05) is 0 Å². The number of hydrogen-bond acceptors (Lipinski definition) is 4. The van der Waals surface area contributed by atoms with Gasteiger partial charge < -0.3 is 9.53 Å². The second-order valence-corrected chi connectivity index (χ2v) is 4.06. The fourth-order valence-electron chi connectivity index (χ4n) is 1.25. The lowest BCUT2D eigenvalue weighted by molar-refractivity contribution is -0.107. The van der Waals surface area contributed by atoms with E-state index in [2.05, 4.69) is 16.8 Å². The number of nitrogens with zero attached hydrogens (tertiary/aromatic N) is 1. The smallest absolute Gasteiger partial charge is 0.168 e.